The van der Waals surface area contributed by atoms with Gasteiger partial charge in [0, 0.05) is 37.7 Å². The van der Waals surface area contributed by atoms with Gasteiger partial charge in [0.25, 0.3) is 0 Å². The molecule has 1 atom stereocenters. The van der Waals surface area contributed by atoms with Gasteiger partial charge in [0.05, 0.1) is 0 Å². The molecule has 1 aliphatic heterocycles. The fourth-order valence-corrected chi connectivity index (χ4v) is 3.33. The second-order valence-electron chi connectivity index (χ2n) is 6.76. The first kappa shape index (κ1) is 18.8. The number of likely N-dealkylation sites (N-methyl/N-ethyl adjacent to an activating group) is 1. The first-order chi connectivity index (χ1) is 13.0. The molecule has 142 valence electrons. The van der Waals surface area contributed by atoms with Crippen molar-refractivity contribution in [2.24, 2.45) is 0 Å². The number of amides is 2. The van der Waals surface area contributed by atoms with Crippen molar-refractivity contribution in [3.8, 4) is 0 Å². The Morgan fingerprint density at radius 3 is 2.52 bits per heavy atom. The highest BCUT2D eigenvalue weighted by Crippen LogP contribution is 2.23. The molecule has 1 aromatic carbocycles. The molecule has 0 unspecified atom stereocenters. The van der Waals surface area contributed by atoms with Crippen LogP contribution in [0.25, 0.3) is 0 Å². The van der Waals surface area contributed by atoms with E-state index in [1.165, 1.54) is 0 Å². The Balaban J connectivity index is 1.68. The van der Waals surface area contributed by atoms with Crippen LogP contribution in [0.2, 0.25) is 0 Å². The van der Waals surface area contributed by atoms with E-state index in [1.54, 1.807) is 53.5 Å². The molecule has 0 spiro atoms. The minimum Gasteiger partial charge on any atom is -0.480 e. The van der Waals surface area contributed by atoms with Gasteiger partial charge in [-0.05, 0) is 49.2 Å². The first-order valence-corrected chi connectivity index (χ1v) is 9.02. The van der Waals surface area contributed by atoms with E-state index in [9.17, 15) is 14.7 Å². The van der Waals surface area contributed by atoms with Crippen LogP contribution in [0.5, 0.6) is 0 Å². The Morgan fingerprint density at radius 2 is 1.93 bits per heavy atom. The maximum Gasteiger partial charge on any atom is 0.325 e. The summed E-state index contributed by atoms with van der Waals surface area (Å²) in [6.07, 6.45) is 5.49. The van der Waals surface area contributed by atoms with Crippen LogP contribution in [0.1, 0.15) is 30.0 Å². The van der Waals surface area contributed by atoms with Crippen molar-refractivity contribution in [2.45, 2.75) is 25.4 Å². The van der Waals surface area contributed by atoms with Gasteiger partial charge in [0.15, 0.2) is 0 Å². The summed E-state index contributed by atoms with van der Waals surface area (Å²) in [4.78, 5) is 31.6. The topological polar surface area (TPSA) is 85.8 Å². The number of likely N-dealkylation sites (tertiary alicyclic amines) is 1. The lowest BCUT2D eigenvalue weighted by atomic mass is 10.0. The number of nitrogens with zero attached hydrogens (tertiary/aromatic N) is 3. The molecule has 1 aromatic heterocycles. The van der Waals surface area contributed by atoms with Crippen LogP contribution >= 0.6 is 0 Å². The Morgan fingerprint density at radius 1 is 1.22 bits per heavy atom. The molecule has 3 rings (SSSR count). The second-order valence-corrected chi connectivity index (χ2v) is 6.76. The van der Waals surface area contributed by atoms with Gasteiger partial charge in [-0.1, -0.05) is 18.2 Å². The van der Waals surface area contributed by atoms with Crippen LogP contribution in [0.3, 0.4) is 0 Å². The lowest BCUT2D eigenvalue weighted by Gasteiger charge is -2.25. The van der Waals surface area contributed by atoms with Crippen LogP contribution in [0, 0.1) is 0 Å². The highest BCUT2D eigenvalue weighted by Gasteiger charge is 2.25. The number of urea groups is 1. The molecule has 0 aliphatic carbocycles. The van der Waals surface area contributed by atoms with Crippen molar-refractivity contribution in [1.29, 1.82) is 0 Å². The van der Waals surface area contributed by atoms with Gasteiger partial charge >= 0.3 is 12.0 Å². The molecule has 0 radical (unpaired) electrons. The summed E-state index contributed by atoms with van der Waals surface area (Å²) in [5, 5.41) is 12.6. The number of carbonyl (C=O) groups excluding carboxylic acids is 1. The number of pyridine rings is 1. The zero-order chi connectivity index (χ0) is 19.2. The molecule has 1 aliphatic rings. The summed E-state index contributed by atoms with van der Waals surface area (Å²) >= 11 is 0. The number of rotatable bonds is 6. The maximum absolute atomic E-state index is 12.2. The summed E-state index contributed by atoms with van der Waals surface area (Å²) in [5.74, 6) is -0.921. The highest BCUT2D eigenvalue weighted by molar-refractivity contribution is 5.89. The SMILES string of the molecule is CN(Cc1cccnc1)[C@@H](C(=O)O)c1ccc(NC(=O)N2CCCC2)cc1. The third-order valence-corrected chi connectivity index (χ3v) is 4.70. The minimum atomic E-state index is -0.921. The molecule has 1 fully saturated rings. The van der Waals surface area contributed by atoms with Crippen molar-refractivity contribution >= 4 is 17.7 Å². The Labute approximate surface area is 158 Å². The summed E-state index contributed by atoms with van der Waals surface area (Å²) < 4.78 is 0. The number of carboxylic acid groups (broad SMARTS) is 1. The average Bonchev–Trinajstić information content (AvgIpc) is 3.19. The molecule has 7 heteroatoms. The Hall–Kier alpha value is -2.93. The van der Waals surface area contributed by atoms with E-state index in [-0.39, 0.29) is 6.03 Å². The van der Waals surface area contributed by atoms with Crippen molar-refractivity contribution in [2.75, 3.05) is 25.5 Å². The average molecular weight is 368 g/mol. The van der Waals surface area contributed by atoms with Gasteiger partial charge in [-0.15, -0.1) is 0 Å². The van der Waals surface area contributed by atoms with Gasteiger partial charge in [0.1, 0.15) is 6.04 Å². The molecular weight excluding hydrogens is 344 g/mol. The van der Waals surface area contributed by atoms with E-state index in [2.05, 4.69) is 10.3 Å². The normalized spacial score (nSPS) is 15.0. The fraction of sp³-hybridized carbons (Fsp3) is 0.350. The van der Waals surface area contributed by atoms with Crippen molar-refractivity contribution < 1.29 is 14.7 Å². The van der Waals surface area contributed by atoms with Gasteiger partial charge in [-0.3, -0.25) is 14.7 Å². The summed E-state index contributed by atoms with van der Waals surface area (Å²) in [5.41, 5.74) is 2.27. The molecule has 7 nitrogen and oxygen atoms in total. The molecular formula is C20H24N4O3. The number of aromatic nitrogens is 1. The quantitative estimate of drug-likeness (QED) is 0.819. The number of carboxylic acids is 1. The third kappa shape index (κ3) is 4.83. The largest absolute Gasteiger partial charge is 0.480 e. The summed E-state index contributed by atoms with van der Waals surface area (Å²) in [6, 6.07) is 9.85. The van der Waals surface area contributed by atoms with Crippen LogP contribution in [-0.2, 0) is 11.3 Å². The number of hydrogen-bond donors (Lipinski definition) is 2. The second kappa shape index (κ2) is 8.64. The third-order valence-electron chi connectivity index (χ3n) is 4.70. The van der Waals surface area contributed by atoms with E-state index < -0.39 is 12.0 Å². The lowest BCUT2D eigenvalue weighted by molar-refractivity contribution is -0.143. The van der Waals surface area contributed by atoms with Crippen molar-refractivity contribution in [3.63, 3.8) is 0 Å². The van der Waals surface area contributed by atoms with Gasteiger partial charge in [0.2, 0.25) is 0 Å². The Kier molecular flexibility index (Phi) is 6.03. The predicted molar refractivity (Wildman–Crippen MR) is 102 cm³/mol. The van der Waals surface area contributed by atoms with E-state index in [1.807, 2.05) is 12.1 Å². The number of carbonyl (C=O) groups is 2. The molecule has 27 heavy (non-hydrogen) atoms. The summed E-state index contributed by atoms with van der Waals surface area (Å²) in [7, 11) is 1.77. The molecule has 2 aromatic rings. The number of aliphatic carboxylic acids is 1. The fourth-order valence-electron chi connectivity index (χ4n) is 3.33. The monoisotopic (exact) mass is 368 g/mol. The molecule has 2 amide bonds. The van der Waals surface area contributed by atoms with Crippen molar-refractivity contribution in [3.05, 3.63) is 59.9 Å². The van der Waals surface area contributed by atoms with Crippen LogP contribution in [-0.4, -0.2) is 52.0 Å². The van der Waals surface area contributed by atoms with E-state index in [4.69, 9.17) is 0 Å². The van der Waals surface area contributed by atoms with E-state index in [0.717, 1.165) is 31.5 Å². The lowest BCUT2D eigenvalue weighted by Crippen LogP contribution is -2.32. The first-order valence-electron chi connectivity index (χ1n) is 9.02. The smallest absolute Gasteiger partial charge is 0.325 e. The number of benzene rings is 1. The van der Waals surface area contributed by atoms with Gasteiger partial charge < -0.3 is 15.3 Å². The predicted octanol–water partition coefficient (Wildman–Crippen LogP) is 2.97. The molecule has 0 saturated carbocycles. The zero-order valence-electron chi connectivity index (χ0n) is 15.3. The van der Waals surface area contributed by atoms with E-state index >= 15 is 0 Å². The standard InChI is InChI=1S/C20H24N4O3/c1-23(14-15-5-4-10-21-13-15)18(19(25)26)16-6-8-17(9-7-16)22-20(27)24-11-2-3-12-24/h4-10,13,18H,2-3,11-12,14H2,1H3,(H,22,27)(H,25,26)/t18-/m1/s1. The molecule has 2 N–H and O–H groups in total. The van der Waals surface area contributed by atoms with Gasteiger partial charge in [-0.2, -0.15) is 0 Å². The van der Waals surface area contributed by atoms with Crippen LogP contribution < -0.4 is 5.32 Å². The van der Waals surface area contributed by atoms with Crippen LogP contribution in [0.15, 0.2) is 48.8 Å². The number of nitrogens with one attached hydrogen (secondary N) is 1. The number of anilines is 1. The zero-order valence-corrected chi connectivity index (χ0v) is 15.3. The highest BCUT2D eigenvalue weighted by atomic mass is 16.4. The molecule has 1 saturated heterocycles. The summed E-state index contributed by atoms with van der Waals surface area (Å²) in [6.45, 7) is 2.03. The van der Waals surface area contributed by atoms with Gasteiger partial charge in [-0.25, -0.2) is 4.79 Å². The van der Waals surface area contributed by atoms with Crippen molar-refractivity contribution in [1.82, 2.24) is 14.8 Å². The number of hydrogen-bond acceptors (Lipinski definition) is 4. The minimum absolute atomic E-state index is 0.108. The van der Waals surface area contributed by atoms with E-state index in [0.29, 0.717) is 17.8 Å². The Bertz CT molecular complexity index is 774. The van der Waals surface area contributed by atoms with Crippen LogP contribution in [0.4, 0.5) is 10.5 Å². The maximum atomic E-state index is 12.2. The molecule has 2 heterocycles. The molecule has 0 bridgehead atoms.